The molecule has 0 fully saturated rings. The summed E-state index contributed by atoms with van der Waals surface area (Å²) in [4.78, 5) is 22.1. The van der Waals surface area contributed by atoms with Gasteiger partial charge in [0.15, 0.2) is 13.2 Å². The topological polar surface area (TPSA) is 105 Å². The summed E-state index contributed by atoms with van der Waals surface area (Å²) in [6.07, 6.45) is 4.97. The first kappa shape index (κ1) is 13.4. The molecule has 4 N–H and O–H groups in total. The van der Waals surface area contributed by atoms with Crippen LogP contribution >= 0.6 is 0 Å². The van der Waals surface area contributed by atoms with Gasteiger partial charge >= 0.3 is 5.97 Å². The van der Waals surface area contributed by atoms with Crippen molar-refractivity contribution < 1.29 is 19.1 Å². The van der Waals surface area contributed by atoms with Gasteiger partial charge in [0.2, 0.25) is 0 Å². The maximum Gasteiger partial charge on any atom is 0.339 e. The highest BCUT2D eigenvalue weighted by atomic mass is 16.5. The van der Waals surface area contributed by atoms with E-state index >= 15 is 0 Å². The number of nitrogen functional groups attached to an aromatic ring is 1. The van der Waals surface area contributed by atoms with Gasteiger partial charge in [-0.3, -0.25) is 4.79 Å². The molecule has 0 heterocycles. The van der Waals surface area contributed by atoms with Crippen molar-refractivity contribution >= 4 is 17.6 Å². The second-order valence-electron chi connectivity index (χ2n) is 3.29. The number of ether oxygens (including phenoxy) is 2. The number of hydrogen-bond donors (Lipinski definition) is 2. The lowest BCUT2D eigenvalue weighted by Crippen LogP contribution is -2.20. The van der Waals surface area contributed by atoms with E-state index in [0.717, 1.165) is 0 Å². The molecule has 1 rings (SSSR count). The molecule has 0 radical (unpaired) electrons. The molecule has 0 saturated heterocycles. The quantitative estimate of drug-likeness (QED) is 0.431. The predicted molar refractivity (Wildman–Crippen MR) is 64.7 cm³/mol. The summed E-state index contributed by atoms with van der Waals surface area (Å²) in [6, 6.07) is 4.28. The third-order valence-corrected chi connectivity index (χ3v) is 1.91. The van der Waals surface area contributed by atoms with Crippen molar-refractivity contribution in [1.82, 2.24) is 0 Å². The number of primary amides is 1. The molecular formula is C12H12N2O4. The third-order valence-electron chi connectivity index (χ3n) is 1.91. The lowest BCUT2D eigenvalue weighted by molar-refractivity contribution is -0.119. The van der Waals surface area contributed by atoms with Crippen LogP contribution in [0.4, 0.5) is 5.69 Å². The number of rotatable bonds is 5. The largest absolute Gasteiger partial charge is 0.482 e. The minimum Gasteiger partial charge on any atom is -0.482 e. The zero-order valence-electron chi connectivity index (χ0n) is 9.51. The van der Waals surface area contributed by atoms with Crippen LogP contribution in [0.15, 0.2) is 18.2 Å². The van der Waals surface area contributed by atoms with Gasteiger partial charge in [-0.15, -0.1) is 6.42 Å². The Balaban J connectivity index is 2.83. The summed E-state index contributed by atoms with van der Waals surface area (Å²) in [6.45, 7) is -0.451. The number of hydrogen-bond acceptors (Lipinski definition) is 5. The van der Waals surface area contributed by atoms with Crippen molar-refractivity contribution in [3.8, 4) is 18.1 Å². The van der Waals surface area contributed by atoms with Crippen LogP contribution in [0.25, 0.3) is 0 Å². The van der Waals surface area contributed by atoms with Gasteiger partial charge in [-0.2, -0.15) is 0 Å². The van der Waals surface area contributed by atoms with Crippen molar-refractivity contribution in [2.75, 3.05) is 18.9 Å². The van der Waals surface area contributed by atoms with E-state index in [-0.39, 0.29) is 30.2 Å². The fourth-order valence-electron chi connectivity index (χ4n) is 1.13. The first-order chi connectivity index (χ1) is 8.54. The van der Waals surface area contributed by atoms with Gasteiger partial charge in [0, 0.05) is 0 Å². The minimum atomic E-state index is -0.644. The maximum absolute atomic E-state index is 11.5. The molecule has 0 spiro atoms. The van der Waals surface area contributed by atoms with Gasteiger partial charge in [-0.1, -0.05) is 5.92 Å². The Labute approximate surface area is 104 Å². The molecule has 0 bridgehead atoms. The third kappa shape index (κ3) is 3.72. The van der Waals surface area contributed by atoms with Crippen molar-refractivity contribution in [2.45, 2.75) is 0 Å². The predicted octanol–water partition coefficient (Wildman–Crippen LogP) is -0.0771. The van der Waals surface area contributed by atoms with E-state index in [9.17, 15) is 9.59 Å². The SMILES string of the molecule is C#CCOC(=O)c1ccc(N)c(OCC(N)=O)c1. The summed E-state index contributed by atoms with van der Waals surface area (Å²) in [5, 5.41) is 0. The summed E-state index contributed by atoms with van der Waals surface area (Å²) >= 11 is 0. The van der Waals surface area contributed by atoms with Gasteiger partial charge in [0.25, 0.3) is 5.91 Å². The van der Waals surface area contributed by atoms with Crippen molar-refractivity contribution in [3.05, 3.63) is 23.8 Å². The van der Waals surface area contributed by atoms with E-state index in [1.807, 2.05) is 0 Å². The van der Waals surface area contributed by atoms with Crippen LogP contribution in [0.3, 0.4) is 0 Å². The Bertz CT molecular complexity index is 505. The number of carbonyl (C=O) groups is 2. The first-order valence-corrected chi connectivity index (χ1v) is 4.96. The number of benzene rings is 1. The fraction of sp³-hybridized carbons (Fsp3) is 0.167. The number of nitrogens with two attached hydrogens (primary N) is 2. The van der Waals surface area contributed by atoms with Crippen LogP contribution < -0.4 is 16.2 Å². The second-order valence-corrected chi connectivity index (χ2v) is 3.29. The maximum atomic E-state index is 11.5. The molecule has 0 saturated carbocycles. The lowest BCUT2D eigenvalue weighted by Gasteiger charge is -2.08. The highest BCUT2D eigenvalue weighted by Crippen LogP contribution is 2.23. The summed E-state index contributed by atoms with van der Waals surface area (Å²) in [7, 11) is 0. The van der Waals surface area contributed by atoms with Crippen LogP contribution in [0.1, 0.15) is 10.4 Å². The molecule has 0 unspecified atom stereocenters. The molecule has 0 aliphatic heterocycles. The highest BCUT2D eigenvalue weighted by Gasteiger charge is 2.10. The Morgan fingerprint density at radius 1 is 1.39 bits per heavy atom. The molecule has 6 heteroatoms. The van der Waals surface area contributed by atoms with E-state index in [4.69, 9.17) is 27.4 Å². The Hall–Kier alpha value is -2.68. The molecule has 0 aromatic heterocycles. The average molecular weight is 248 g/mol. The second kappa shape index (κ2) is 6.15. The monoisotopic (exact) mass is 248 g/mol. The summed E-state index contributed by atoms with van der Waals surface area (Å²) < 4.78 is 9.78. The molecule has 18 heavy (non-hydrogen) atoms. The lowest BCUT2D eigenvalue weighted by atomic mass is 10.2. The number of carbonyl (C=O) groups excluding carboxylic acids is 2. The summed E-state index contributed by atoms with van der Waals surface area (Å²) in [5.74, 6) is 1.11. The molecule has 1 amide bonds. The average Bonchev–Trinajstić information content (AvgIpc) is 2.34. The molecule has 94 valence electrons. The number of anilines is 1. The molecule has 6 nitrogen and oxygen atoms in total. The van der Waals surface area contributed by atoms with Crippen LogP contribution in [0.2, 0.25) is 0 Å². The van der Waals surface area contributed by atoms with Crippen LogP contribution in [0.5, 0.6) is 5.75 Å². The van der Waals surface area contributed by atoms with Crippen molar-refractivity contribution in [3.63, 3.8) is 0 Å². The first-order valence-electron chi connectivity index (χ1n) is 4.96. The van der Waals surface area contributed by atoms with E-state index in [1.165, 1.54) is 18.2 Å². The van der Waals surface area contributed by atoms with E-state index in [1.54, 1.807) is 0 Å². The van der Waals surface area contributed by atoms with Gasteiger partial charge in [0.1, 0.15) is 5.75 Å². The summed E-state index contributed by atoms with van der Waals surface area (Å²) in [5.41, 5.74) is 11.1. The fourth-order valence-corrected chi connectivity index (χ4v) is 1.13. The zero-order chi connectivity index (χ0) is 13.5. The number of esters is 1. The smallest absolute Gasteiger partial charge is 0.339 e. The van der Waals surface area contributed by atoms with E-state index in [0.29, 0.717) is 0 Å². The van der Waals surface area contributed by atoms with E-state index in [2.05, 4.69) is 5.92 Å². The Morgan fingerprint density at radius 3 is 2.72 bits per heavy atom. The van der Waals surface area contributed by atoms with Crippen molar-refractivity contribution in [1.29, 1.82) is 0 Å². The molecule has 0 aliphatic carbocycles. The molecule has 0 aliphatic rings. The number of amides is 1. The minimum absolute atomic E-state index is 0.124. The molecular weight excluding hydrogens is 236 g/mol. The van der Waals surface area contributed by atoms with Gasteiger partial charge < -0.3 is 20.9 Å². The zero-order valence-corrected chi connectivity index (χ0v) is 9.51. The van der Waals surface area contributed by atoms with Gasteiger partial charge in [-0.25, -0.2) is 4.79 Å². The molecule has 0 atom stereocenters. The Kier molecular flexibility index (Phi) is 4.58. The van der Waals surface area contributed by atoms with Crippen LogP contribution in [-0.4, -0.2) is 25.1 Å². The molecule has 1 aromatic rings. The van der Waals surface area contributed by atoms with Crippen molar-refractivity contribution in [2.24, 2.45) is 5.73 Å². The number of terminal acetylenes is 1. The Morgan fingerprint density at radius 2 is 2.11 bits per heavy atom. The van der Waals surface area contributed by atoms with E-state index < -0.39 is 11.9 Å². The van der Waals surface area contributed by atoms with Gasteiger partial charge in [0.05, 0.1) is 11.3 Å². The normalized spacial score (nSPS) is 9.28. The van der Waals surface area contributed by atoms with Gasteiger partial charge in [-0.05, 0) is 18.2 Å². The molecule has 1 aromatic carbocycles. The van der Waals surface area contributed by atoms with Crippen LogP contribution in [0, 0.1) is 12.3 Å². The standard InChI is InChI=1S/C12H12N2O4/c1-2-5-17-12(16)8-3-4-9(13)10(6-8)18-7-11(14)15/h1,3-4,6H,5,7,13H2,(H2,14,15). The highest BCUT2D eigenvalue weighted by molar-refractivity contribution is 5.90. The van der Waals surface area contributed by atoms with Crippen LogP contribution in [-0.2, 0) is 9.53 Å².